The van der Waals surface area contributed by atoms with Gasteiger partial charge in [0, 0.05) is 6.54 Å². The first-order valence-electron chi connectivity index (χ1n) is 10.1. The Morgan fingerprint density at radius 1 is 1.00 bits per heavy atom. The molecule has 0 unspecified atom stereocenters. The number of likely N-dealkylation sites (tertiary alicyclic amines) is 1. The molecule has 0 bridgehead atoms. The van der Waals surface area contributed by atoms with Crippen LogP contribution >= 0.6 is 0 Å². The topological polar surface area (TPSA) is 37.4 Å². The van der Waals surface area contributed by atoms with Crippen LogP contribution in [0, 0.1) is 0 Å². The number of nitrogens with zero attached hydrogens (tertiary/aromatic N) is 1. The maximum absolute atomic E-state index is 13.0. The van der Waals surface area contributed by atoms with Gasteiger partial charge in [-0.2, -0.15) is 0 Å². The van der Waals surface area contributed by atoms with Crippen molar-refractivity contribution in [2.75, 3.05) is 19.6 Å². The molecule has 4 heteroatoms. The molecule has 0 amide bonds. The molecule has 0 aliphatic carbocycles. The standard InChI is InChI=1S/C24H31NO2S/c1-24(2,28(26,27)23-14-7-4-8-15-23)16-10-18-25-17-9-13-22(20-25)19-21-11-5-3-6-12-21/h3-8,11-12,14-15,19H,9-10,13,16-18,20H2,1-2H3. The van der Waals surface area contributed by atoms with Crippen LogP contribution in [0.25, 0.3) is 6.08 Å². The Balaban J connectivity index is 1.56. The second-order valence-electron chi connectivity index (χ2n) is 8.27. The van der Waals surface area contributed by atoms with Crippen LogP contribution in [0.4, 0.5) is 0 Å². The third kappa shape index (κ3) is 5.12. The number of sulfone groups is 1. The molecule has 0 radical (unpaired) electrons. The quantitative estimate of drug-likeness (QED) is 0.644. The fourth-order valence-corrected chi connectivity index (χ4v) is 5.42. The molecule has 1 aliphatic heterocycles. The molecular weight excluding hydrogens is 366 g/mol. The van der Waals surface area contributed by atoms with Crippen molar-refractivity contribution in [2.24, 2.45) is 0 Å². The fraction of sp³-hybridized carbons (Fsp3) is 0.417. The van der Waals surface area contributed by atoms with Crippen LogP contribution < -0.4 is 0 Å². The van der Waals surface area contributed by atoms with E-state index in [0.29, 0.717) is 11.3 Å². The minimum absolute atomic E-state index is 0.422. The van der Waals surface area contributed by atoms with Gasteiger partial charge in [-0.1, -0.05) is 60.2 Å². The third-order valence-electron chi connectivity index (χ3n) is 5.60. The SMILES string of the molecule is CC(C)(CCCN1CCCC(=Cc2ccccc2)C1)S(=O)(=O)c1ccccc1. The molecule has 1 heterocycles. The van der Waals surface area contributed by atoms with Crippen molar-refractivity contribution in [3.63, 3.8) is 0 Å². The average molecular weight is 398 g/mol. The Morgan fingerprint density at radius 3 is 2.32 bits per heavy atom. The van der Waals surface area contributed by atoms with Crippen molar-refractivity contribution < 1.29 is 8.42 Å². The minimum Gasteiger partial charge on any atom is -0.299 e. The van der Waals surface area contributed by atoms with Crippen LogP contribution in [0.2, 0.25) is 0 Å². The van der Waals surface area contributed by atoms with Gasteiger partial charge < -0.3 is 0 Å². The lowest BCUT2D eigenvalue weighted by atomic mass is 10.0. The van der Waals surface area contributed by atoms with Gasteiger partial charge >= 0.3 is 0 Å². The zero-order valence-electron chi connectivity index (χ0n) is 17.0. The van der Waals surface area contributed by atoms with Crippen LogP contribution in [0.15, 0.2) is 71.1 Å². The van der Waals surface area contributed by atoms with Crippen LogP contribution in [0.1, 0.15) is 45.1 Å². The van der Waals surface area contributed by atoms with E-state index in [2.05, 4.69) is 35.2 Å². The lowest BCUT2D eigenvalue weighted by Gasteiger charge is -2.30. The van der Waals surface area contributed by atoms with Crippen LogP contribution in [0.5, 0.6) is 0 Å². The maximum atomic E-state index is 13.0. The Labute approximate surface area is 170 Å². The Morgan fingerprint density at radius 2 is 1.64 bits per heavy atom. The molecule has 1 saturated heterocycles. The van der Waals surface area contributed by atoms with Gasteiger partial charge in [-0.15, -0.1) is 0 Å². The van der Waals surface area contributed by atoms with Gasteiger partial charge in [-0.25, -0.2) is 8.42 Å². The summed E-state index contributed by atoms with van der Waals surface area (Å²) >= 11 is 0. The molecule has 2 aromatic carbocycles. The smallest absolute Gasteiger partial charge is 0.183 e. The molecule has 1 fully saturated rings. The zero-order chi connectivity index (χ0) is 20.0. The van der Waals surface area contributed by atoms with Crippen molar-refractivity contribution in [3.05, 3.63) is 71.8 Å². The molecule has 0 aromatic heterocycles. The number of rotatable bonds is 7. The van der Waals surface area contributed by atoms with Gasteiger partial charge in [-0.3, -0.25) is 4.90 Å². The average Bonchev–Trinajstić information content (AvgIpc) is 2.69. The summed E-state index contributed by atoms with van der Waals surface area (Å²) in [6.45, 7) is 6.73. The fourth-order valence-electron chi connectivity index (χ4n) is 3.85. The second-order valence-corrected chi connectivity index (χ2v) is 10.9. The molecule has 0 atom stereocenters. The van der Waals surface area contributed by atoms with E-state index in [4.69, 9.17) is 0 Å². The van der Waals surface area contributed by atoms with Crippen molar-refractivity contribution in [2.45, 2.75) is 49.2 Å². The first-order chi connectivity index (χ1) is 13.4. The van der Waals surface area contributed by atoms with E-state index in [-0.39, 0.29) is 0 Å². The highest BCUT2D eigenvalue weighted by molar-refractivity contribution is 7.92. The summed E-state index contributed by atoms with van der Waals surface area (Å²) in [5.41, 5.74) is 2.73. The molecule has 1 aliphatic rings. The van der Waals surface area contributed by atoms with Crippen molar-refractivity contribution >= 4 is 15.9 Å². The normalized spacial score (nSPS) is 17.7. The predicted molar refractivity (Wildman–Crippen MR) is 117 cm³/mol. The van der Waals surface area contributed by atoms with Gasteiger partial charge in [0.2, 0.25) is 0 Å². The van der Waals surface area contributed by atoms with E-state index in [0.717, 1.165) is 32.5 Å². The molecule has 28 heavy (non-hydrogen) atoms. The zero-order valence-corrected chi connectivity index (χ0v) is 17.8. The largest absolute Gasteiger partial charge is 0.299 e. The third-order valence-corrected chi connectivity index (χ3v) is 8.16. The molecular formula is C24H31NO2S. The molecule has 2 aromatic rings. The Bertz CT molecular complexity index is 887. The Hall–Kier alpha value is -1.91. The van der Waals surface area contributed by atoms with Crippen LogP contribution in [-0.4, -0.2) is 37.7 Å². The van der Waals surface area contributed by atoms with Gasteiger partial charge in [0.05, 0.1) is 9.64 Å². The first kappa shape index (κ1) is 20.8. The van der Waals surface area contributed by atoms with Crippen molar-refractivity contribution in [3.8, 4) is 0 Å². The van der Waals surface area contributed by atoms with Gasteiger partial charge in [0.25, 0.3) is 0 Å². The summed E-state index contributed by atoms with van der Waals surface area (Å²) in [7, 11) is -3.32. The van der Waals surface area contributed by atoms with Gasteiger partial charge in [0.1, 0.15) is 0 Å². The maximum Gasteiger partial charge on any atom is 0.183 e. The summed E-state index contributed by atoms with van der Waals surface area (Å²) < 4.78 is 25.2. The summed E-state index contributed by atoms with van der Waals surface area (Å²) in [4.78, 5) is 2.88. The molecule has 3 rings (SSSR count). The monoisotopic (exact) mass is 397 g/mol. The van der Waals surface area contributed by atoms with Crippen LogP contribution in [0.3, 0.4) is 0 Å². The summed E-state index contributed by atoms with van der Waals surface area (Å²) in [5, 5.41) is 0. The predicted octanol–water partition coefficient (Wildman–Crippen LogP) is 5.20. The van der Waals surface area contributed by atoms with Crippen molar-refractivity contribution in [1.29, 1.82) is 0 Å². The summed E-state index contributed by atoms with van der Waals surface area (Å²) in [6.07, 6.45) is 6.18. The van der Waals surface area contributed by atoms with Gasteiger partial charge in [0.15, 0.2) is 9.84 Å². The molecule has 0 N–H and O–H groups in total. The van der Waals surface area contributed by atoms with E-state index in [9.17, 15) is 8.42 Å². The van der Waals surface area contributed by atoms with E-state index in [1.807, 2.05) is 26.0 Å². The number of piperidine rings is 1. The molecule has 0 saturated carbocycles. The van der Waals surface area contributed by atoms with E-state index in [1.54, 1.807) is 24.3 Å². The summed E-state index contributed by atoms with van der Waals surface area (Å²) in [6, 6.07) is 19.3. The summed E-state index contributed by atoms with van der Waals surface area (Å²) in [5.74, 6) is 0. The van der Waals surface area contributed by atoms with E-state index < -0.39 is 14.6 Å². The highest BCUT2D eigenvalue weighted by atomic mass is 32.2. The minimum atomic E-state index is -3.32. The van der Waals surface area contributed by atoms with E-state index >= 15 is 0 Å². The number of hydrogen-bond donors (Lipinski definition) is 0. The van der Waals surface area contributed by atoms with E-state index in [1.165, 1.54) is 17.6 Å². The highest BCUT2D eigenvalue weighted by Gasteiger charge is 2.35. The number of benzene rings is 2. The number of hydrogen-bond acceptors (Lipinski definition) is 3. The first-order valence-corrected chi connectivity index (χ1v) is 11.6. The molecule has 3 nitrogen and oxygen atoms in total. The van der Waals surface area contributed by atoms with Crippen molar-refractivity contribution in [1.82, 2.24) is 4.90 Å². The van der Waals surface area contributed by atoms with Gasteiger partial charge in [-0.05, 0) is 70.3 Å². The van der Waals surface area contributed by atoms with Crippen LogP contribution in [-0.2, 0) is 9.84 Å². The lowest BCUT2D eigenvalue weighted by molar-refractivity contribution is 0.258. The highest BCUT2D eigenvalue weighted by Crippen LogP contribution is 2.30. The molecule has 0 spiro atoms. The second kappa shape index (κ2) is 9.06. The Kier molecular flexibility index (Phi) is 6.73. The molecule has 150 valence electrons. The lowest BCUT2D eigenvalue weighted by Crippen LogP contribution is -2.35.